The Bertz CT molecular complexity index is 751. The number of imidazole rings is 1. The van der Waals surface area contributed by atoms with Gasteiger partial charge in [0.1, 0.15) is 11.8 Å². The molecular formula is C12H11BrN6. The molecule has 0 atom stereocenters. The third kappa shape index (κ3) is 2.01. The van der Waals surface area contributed by atoms with Crippen LogP contribution < -0.4 is 11.5 Å². The molecule has 0 aliphatic rings. The molecule has 2 aromatic heterocycles. The molecule has 6 nitrogen and oxygen atoms in total. The molecule has 1 aromatic carbocycles. The van der Waals surface area contributed by atoms with Gasteiger partial charge in [0.15, 0.2) is 11.5 Å². The lowest BCUT2D eigenvalue weighted by molar-refractivity contribution is 0.810. The fraction of sp³-hybridized carbons (Fsp3) is 0.0833. The second-order valence-corrected chi connectivity index (χ2v) is 4.92. The molecule has 0 saturated carbocycles. The van der Waals surface area contributed by atoms with Crippen LogP contribution in [-0.4, -0.2) is 19.5 Å². The number of hydrogen-bond donors (Lipinski definition) is 2. The minimum Gasteiger partial charge on any atom is -0.398 e. The van der Waals surface area contributed by atoms with Gasteiger partial charge in [-0.2, -0.15) is 0 Å². The summed E-state index contributed by atoms with van der Waals surface area (Å²) in [6, 6.07) is 5.76. The van der Waals surface area contributed by atoms with E-state index in [2.05, 4.69) is 30.9 Å². The van der Waals surface area contributed by atoms with Crippen LogP contribution in [0, 0.1) is 0 Å². The van der Waals surface area contributed by atoms with E-state index in [4.69, 9.17) is 11.5 Å². The highest BCUT2D eigenvalue weighted by Gasteiger charge is 2.10. The topological polar surface area (TPSA) is 95.6 Å². The van der Waals surface area contributed by atoms with Crippen molar-refractivity contribution in [1.29, 1.82) is 0 Å². The fourth-order valence-electron chi connectivity index (χ4n) is 1.92. The van der Waals surface area contributed by atoms with Gasteiger partial charge in [-0.05, 0) is 27.6 Å². The van der Waals surface area contributed by atoms with Crippen LogP contribution in [0.4, 0.5) is 11.5 Å². The van der Waals surface area contributed by atoms with Crippen molar-refractivity contribution >= 4 is 38.6 Å². The Morgan fingerprint density at radius 3 is 2.84 bits per heavy atom. The van der Waals surface area contributed by atoms with Gasteiger partial charge in [0, 0.05) is 10.2 Å². The van der Waals surface area contributed by atoms with Crippen molar-refractivity contribution in [3.63, 3.8) is 0 Å². The Balaban J connectivity index is 2.07. The minimum absolute atomic E-state index is 0.385. The van der Waals surface area contributed by atoms with E-state index in [9.17, 15) is 0 Å². The van der Waals surface area contributed by atoms with Gasteiger partial charge in [-0.3, -0.25) is 0 Å². The molecule has 3 rings (SSSR count). The molecule has 4 N–H and O–H groups in total. The molecule has 0 radical (unpaired) electrons. The monoisotopic (exact) mass is 318 g/mol. The summed E-state index contributed by atoms with van der Waals surface area (Å²) in [6.07, 6.45) is 3.13. The molecular weight excluding hydrogens is 308 g/mol. The average molecular weight is 319 g/mol. The summed E-state index contributed by atoms with van der Waals surface area (Å²) in [5.74, 6) is 0.385. The Morgan fingerprint density at radius 2 is 2.00 bits per heavy atom. The first-order valence-electron chi connectivity index (χ1n) is 5.61. The first kappa shape index (κ1) is 11.9. The van der Waals surface area contributed by atoms with Crippen LogP contribution in [0.1, 0.15) is 5.56 Å². The van der Waals surface area contributed by atoms with E-state index in [-0.39, 0.29) is 0 Å². The quantitative estimate of drug-likeness (QED) is 0.702. The van der Waals surface area contributed by atoms with Crippen LogP contribution in [0.25, 0.3) is 11.2 Å². The molecule has 0 unspecified atom stereocenters. The van der Waals surface area contributed by atoms with Gasteiger partial charge in [0.25, 0.3) is 0 Å². The molecule has 3 aromatic rings. The maximum Gasteiger partial charge on any atom is 0.165 e. The first-order valence-corrected chi connectivity index (χ1v) is 6.40. The van der Waals surface area contributed by atoms with E-state index >= 15 is 0 Å². The Kier molecular flexibility index (Phi) is 2.83. The van der Waals surface area contributed by atoms with E-state index in [1.54, 1.807) is 6.33 Å². The summed E-state index contributed by atoms with van der Waals surface area (Å²) in [6.45, 7) is 0.610. The lowest BCUT2D eigenvalue weighted by Crippen LogP contribution is -2.02. The highest BCUT2D eigenvalue weighted by molar-refractivity contribution is 9.10. The third-order valence-electron chi connectivity index (χ3n) is 2.88. The zero-order chi connectivity index (χ0) is 13.4. The number of fused-ring (bicyclic) bond motifs is 1. The van der Waals surface area contributed by atoms with Gasteiger partial charge in [-0.15, -0.1) is 0 Å². The first-order chi connectivity index (χ1) is 9.16. The largest absolute Gasteiger partial charge is 0.398 e. The molecule has 0 aliphatic carbocycles. The Hall–Kier alpha value is -2.15. The van der Waals surface area contributed by atoms with Crippen molar-refractivity contribution in [2.75, 3.05) is 11.5 Å². The van der Waals surface area contributed by atoms with Crippen molar-refractivity contribution < 1.29 is 0 Å². The van der Waals surface area contributed by atoms with Crippen LogP contribution in [0.15, 0.2) is 35.3 Å². The number of aromatic nitrogens is 4. The molecule has 0 amide bonds. The maximum absolute atomic E-state index is 5.87. The number of rotatable bonds is 2. The second-order valence-electron chi connectivity index (χ2n) is 4.12. The van der Waals surface area contributed by atoms with Gasteiger partial charge >= 0.3 is 0 Å². The number of nitrogen functional groups attached to an aromatic ring is 2. The lowest BCUT2D eigenvalue weighted by atomic mass is 10.2. The predicted molar refractivity (Wildman–Crippen MR) is 77.4 cm³/mol. The fourth-order valence-corrected chi connectivity index (χ4v) is 2.31. The summed E-state index contributed by atoms with van der Waals surface area (Å²) in [5.41, 5.74) is 14.7. The number of anilines is 2. The molecule has 2 heterocycles. The zero-order valence-electron chi connectivity index (χ0n) is 9.92. The zero-order valence-corrected chi connectivity index (χ0v) is 11.5. The van der Waals surface area contributed by atoms with E-state index in [1.807, 2.05) is 22.8 Å². The maximum atomic E-state index is 5.87. The lowest BCUT2D eigenvalue weighted by Gasteiger charge is -2.08. The van der Waals surface area contributed by atoms with Crippen molar-refractivity contribution in [2.24, 2.45) is 0 Å². The van der Waals surface area contributed by atoms with Gasteiger partial charge in [-0.25, -0.2) is 15.0 Å². The highest BCUT2D eigenvalue weighted by Crippen LogP contribution is 2.25. The van der Waals surface area contributed by atoms with Gasteiger partial charge in [-0.1, -0.05) is 12.1 Å². The van der Waals surface area contributed by atoms with Crippen molar-refractivity contribution in [2.45, 2.75) is 6.54 Å². The van der Waals surface area contributed by atoms with Crippen molar-refractivity contribution in [3.8, 4) is 0 Å². The van der Waals surface area contributed by atoms with Crippen molar-refractivity contribution in [1.82, 2.24) is 19.5 Å². The summed E-state index contributed by atoms with van der Waals surface area (Å²) in [5, 5.41) is 0. The summed E-state index contributed by atoms with van der Waals surface area (Å²) >= 11 is 3.49. The van der Waals surface area contributed by atoms with Gasteiger partial charge < -0.3 is 16.0 Å². The number of benzene rings is 1. The normalized spacial score (nSPS) is 11.0. The van der Waals surface area contributed by atoms with Crippen LogP contribution >= 0.6 is 15.9 Å². The van der Waals surface area contributed by atoms with Crippen LogP contribution in [0.2, 0.25) is 0 Å². The van der Waals surface area contributed by atoms with Gasteiger partial charge in [0.2, 0.25) is 0 Å². The SMILES string of the molecule is Nc1cccc(Cn2cnc3c(N)ncnc32)c1Br. The third-order valence-corrected chi connectivity index (χ3v) is 3.85. The number of halogens is 1. The van der Waals surface area contributed by atoms with E-state index in [0.717, 1.165) is 10.0 Å². The van der Waals surface area contributed by atoms with E-state index in [0.29, 0.717) is 29.2 Å². The van der Waals surface area contributed by atoms with E-state index in [1.165, 1.54) is 6.33 Å². The molecule has 0 fully saturated rings. The second kappa shape index (κ2) is 4.51. The summed E-state index contributed by atoms with van der Waals surface area (Å²) < 4.78 is 2.80. The number of hydrogen-bond acceptors (Lipinski definition) is 5. The van der Waals surface area contributed by atoms with E-state index < -0.39 is 0 Å². The Labute approximate surface area is 117 Å². The molecule has 19 heavy (non-hydrogen) atoms. The van der Waals surface area contributed by atoms with Crippen LogP contribution in [0.3, 0.4) is 0 Å². The Morgan fingerprint density at radius 1 is 1.16 bits per heavy atom. The van der Waals surface area contributed by atoms with Crippen LogP contribution in [0.5, 0.6) is 0 Å². The smallest absolute Gasteiger partial charge is 0.165 e. The standard InChI is InChI=1S/C12H11BrN6/c13-9-7(2-1-3-8(9)14)4-19-6-18-10-11(15)16-5-17-12(10)19/h1-3,5-6H,4,14H2,(H2,15,16,17). The molecule has 0 aliphatic heterocycles. The van der Waals surface area contributed by atoms with Crippen molar-refractivity contribution in [3.05, 3.63) is 40.9 Å². The summed E-state index contributed by atoms with van der Waals surface area (Å²) in [7, 11) is 0. The molecule has 0 bridgehead atoms. The van der Waals surface area contributed by atoms with Gasteiger partial charge in [0.05, 0.1) is 12.9 Å². The summed E-state index contributed by atoms with van der Waals surface area (Å²) in [4.78, 5) is 12.4. The van der Waals surface area contributed by atoms with Crippen LogP contribution in [-0.2, 0) is 6.54 Å². The predicted octanol–water partition coefficient (Wildman–Crippen LogP) is 1.80. The molecule has 0 spiro atoms. The minimum atomic E-state index is 0.385. The average Bonchev–Trinajstić information content (AvgIpc) is 2.80. The molecule has 7 heteroatoms. The molecule has 96 valence electrons. The number of nitrogens with two attached hydrogens (primary N) is 2. The highest BCUT2D eigenvalue weighted by atomic mass is 79.9. The number of nitrogens with zero attached hydrogens (tertiary/aromatic N) is 4. The molecule has 0 saturated heterocycles.